The van der Waals surface area contributed by atoms with E-state index in [1.807, 2.05) is 4.90 Å². The number of piperidine rings is 1. The van der Waals surface area contributed by atoms with Crippen LogP contribution in [0.25, 0.3) is 0 Å². The molecule has 122 valence electrons. The first-order chi connectivity index (χ1) is 9.87. The molecule has 0 spiro atoms. The highest BCUT2D eigenvalue weighted by Crippen LogP contribution is 2.25. The molecule has 0 bridgehead atoms. The van der Waals surface area contributed by atoms with Gasteiger partial charge in [0.1, 0.15) is 0 Å². The summed E-state index contributed by atoms with van der Waals surface area (Å²) in [5.41, 5.74) is 0. The van der Waals surface area contributed by atoms with Gasteiger partial charge in [-0.2, -0.15) is 0 Å². The zero-order chi connectivity index (χ0) is 15.5. The van der Waals surface area contributed by atoms with Gasteiger partial charge >= 0.3 is 0 Å². The Morgan fingerprint density at radius 2 is 1.90 bits per heavy atom. The summed E-state index contributed by atoms with van der Waals surface area (Å²) in [5.74, 6) is 0.399. The van der Waals surface area contributed by atoms with Gasteiger partial charge in [-0.15, -0.1) is 0 Å². The molecule has 0 radical (unpaired) electrons. The molecule has 2 aliphatic rings. The van der Waals surface area contributed by atoms with E-state index in [2.05, 4.69) is 11.8 Å². The molecule has 2 fully saturated rings. The van der Waals surface area contributed by atoms with E-state index in [1.54, 1.807) is 0 Å². The summed E-state index contributed by atoms with van der Waals surface area (Å²) in [6.07, 6.45) is 3.76. The fourth-order valence-corrected chi connectivity index (χ4v) is 4.76. The minimum Gasteiger partial charge on any atom is -0.342 e. The summed E-state index contributed by atoms with van der Waals surface area (Å²) in [6, 6.07) is 0. The van der Waals surface area contributed by atoms with Crippen molar-refractivity contribution in [1.82, 2.24) is 9.80 Å². The van der Waals surface area contributed by atoms with Crippen molar-refractivity contribution in [2.24, 2.45) is 11.8 Å². The van der Waals surface area contributed by atoms with Crippen molar-refractivity contribution < 1.29 is 13.2 Å². The number of nitrogens with zero attached hydrogens (tertiary/aromatic N) is 2. The van der Waals surface area contributed by atoms with Crippen LogP contribution in [0.3, 0.4) is 0 Å². The number of hydrogen-bond donors (Lipinski definition) is 0. The second-order valence-electron chi connectivity index (χ2n) is 6.36. The van der Waals surface area contributed by atoms with Gasteiger partial charge in [0.2, 0.25) is 15.0 Å². The Balaban J connectivity index is 1.78. The minimum atomic E-state index is -3.51. The smallest absolute Gasteiger partial charge is 0.232 e. The number of halogens is 1. The third kappa shape index (κ3) is 5.42. The largest absolute Gasteiger partial charge is 0.342 e. The lowest BCUT2D eigenvalue weighted by Gasteiger charge is -2.33. The maximum Gasteiger partial charge on any atom is 0.232 e. The highest BCUT2D eigenvalue weighted by Gasteiger charge is 2.33. The lowest BCUT2D eigenvalue weighted by atomic mass is 9.96. The predicted octanol–water partition coefficient (Wildman–Crippen LogP) is 1.53. The monoisotopic (exact) mass is 336 g/mol. The van der Waals surface area contributed by atoms with Gasteiger partial charge in [0, 0.05) is 36.1 Å². The van der Waals surface area contributed by atoms with Gasteiger partial charge in [-0.05, 0) is 44.8 Å². The summed E-state index contributed by atoms with van der Waals surface area (Å²) >= 11 is 0. The van der Waals surface area contributed by atoms with Crippen molar-refractivity contribution in [1.29, 1.82) is 0 Å². The fraction of sp³-hybridized carbons (Fsp3) is 0.929. The summed E-state index contributed by atoms with van der Waals surface area (Å²) in [4.78, 5) is 16.3. The molecule has 0 aromatic carbocycles. The molecule has 5 nitrogen and oxygen atoms in total. The van der Waals surface area contributed by atoms with Gasteiger partial charge in [0.15, 0.2) is 0 Å². The second-order valence-corrected chi connectivity index (χ2v) is 9.18. The maximum absolute atomic E-state index is 12.0. The summed E-state index contributed by atoms with van der Waals surface area (Å²) < 4.78 is 22.2. The Hall–Kier alpha value is -0.330. The van der Waals surface area contributed by atoms with Crippen LogP contribution in [0.2, 0.25) is 0 Å². The molecule has 1 unspecified atom stereocenters. The molecule has 2 heterocycles. The Morgan fingerprint density at radius 1 is 1.24 bits per heavy atom. The number of carbonyl (C=O) groups excluding carboxylic acids is 1. The van der Waals surface area contributed by atoms with Gasteiger partial charge in [-0.25, -0.2) is 8.42 Å². The van der Waals surface area contributed by atoms with Gasteiger partial charge < -0.3 is 9.80 Å². The second kappa shape index (κ2) is 7.29. The minimum absolute atomic E-state index is 0.0799. The van der Waals surface area contributed by atoms with Crippen molar-refractivity contribution in [3.05, 3.63) is 0 Å². The molecule has 21 heavy (non-hydrogen) atoms. The van der Waals surface area contributed by atoms with Crippen molar-refractivity contribution in [3.8, 4) is 0 Å². The third-order valence-electron chi connectivity index (χ3n) is 4.45. The summed E-state index contributed by atoms with van der Waals surface area (Å²) in [5, 5.41) is 0. The lowest BCUT2D eigenvalue weighted by Crippen LogP contribution is -2.39. The molecule has 0 aromatic heterocycles. The normalized spacial score (nSPS) is 25.7. The van der Waals surface area contributed by atoms with Crippen molar-refractivity contribution >= 4 is 25.6 Å². The highest BCUT2D eigenvalue weighted by atomic mass is 35.7. The van der Waals surface area contributed by atoms with E-state index in [9.17, 15) is 13.2 Å². The van der Waals surface area contributed by atoms with Crippen LogP contribution < -0.4 is 0 Å². The van der Waals surface area contributed by atoms with E-state index in [0.717, 1.165) is 39.0 Å². The molecule has 0 aromatic rings. The zero-order valence-electron chi connectivity index (χ0n) is 12.6. The molecule has 0 N–H and O–H groups in total. The van der Waals surface area contributed by atoms with E-state index >= 15 is 0 Å². The molecule has 0 saturated carbocycles. The van der Waals surface area contributed by atoms with Crippen molar-refractivity contribution in [3.63, 3.8) is 0 Å². The standard InChI is InChI=1S/C14H25ClN2O3S/c1-2-5-16-6-3-12(4-7-16)9-17-10-13(8-14(17)18)11-21(15,19)20/h12-13H,2-11H2,1H3. The summed E-state index contributed by atoms with van der Waals surface area (Å²) in [7, 11) is 1.77. The molecule has 2 saturated heterocycles. The van der Waals surface area contributed by atoms with E-state index in [-0.39, 0.29) is 17.6 Å². The number of likely N-dealkylation sites (tertiary alicyclic amines) is 2. The summed E-state index contributed by atoms with van der Waals surface area (Å²) in [6.45, 7) is 6.89. The van der Waals surface area contributed by atoms with E-state index in [4.69, 9.17) is 10.7 Å². The number of carbonyl (C=O) groups is 1. The molecule has 0 aliphatic carbocycles. The van der Waals surface area contributed by atoms with E-state index in [1.165, 1.54) is 6.42 Å². The van der Waals surface area contributed by atoms with Gasteiger partial charge in [-0.3, -0.25) is 4.79 Å². The molecule has 7 heteroatoms. The van der Waals surface area contributed by atoms with Crippen LogP contribution in [-0.4, -0.2) is 62.6 Å². The Kier molecular flexibility index (Phi) is 5.91. The zero-order valence-corrected chi connectivity index (χ0v) is 14.2. The Labute approximate surface area is 132 Å². The van der Waals surface area contributed by atoms with Crippen LogP contribution in [-0.2, 0) is 13.8 Å². The van der Waals surface area contributed by atoms with Crippen LogP contribution in [0.4, 0.5) is 0 Å². The highest BCUT2D eigenvalue weighted by molar-refractivity contribution is 8.13. The van der Waals surface area contributed by atoms with Crippen molar-refractivity contribution in [2.75, 3.05) is 38.5 Å². The van der Waals surface area contributed by atoms with E-state index < -0.39 is 9.05 Å². The Bertz CT molecular complexity index is 461. The lowest BCUT2D eigenvalue weighted by molar-refractivity contribution is -0.128. The molecular formula is C14H25ClN2O3S. The van der Waals surface area contributed by atoms with Gasteiger partial charge in [0.25, 0.3) is 0 Å². The van der Waals surface area contributed by atoms with Crippen LogP contribution in [0.5, 0.6) is 0 Å². The molecular weight excluding hydrogens is 312 g/mol. The van der Waals surface area contributed by atoms with Gasteiger partial charge in [-0.1, -0.05) is 6.92 Å². The quantitative estimate of drug-likeness (QED) is 0.690. The van der Waals surface area contributed by atoms with Crippen LogP contribution in [0, 0.1) is 11.8 Å². The molecule has 1 atom stereocenters. The third-order valence-corrected chi connectivity index (χ3v) is 5.70. The average molecular weight is 337 g/mol. The number of amides is 1. The van der Waals surface area contributed by atoms with Crippen LogP contribution in [0.1, 0.15) is 32.6 Å². The topological polar surface area (TPSA) is 57.7 Å². The van der Waals surface area contributed by atoms with Gasteiger partial charge in [0.05, 0.1) is 5.75 Å². The average Bonchev–Trinajstić information content (AvgIpc) is 2.70. The predicted molar refractivity (Wildman–Crippen MR) is 83.8 cm³/mol. The van der Waals surface area contributed by atoms with Crippen LogP contribution in [0.15, 0.2) is 0 Å². The Morgan fingerprint density at radius 3 is 2.48 bits per heavy atom. The number of rotatable bonds is 6. The molecule has 2 rings (SSSR count). The van der Waals surface area contributed by atoms with Crippen molar-refractivity contribution in [2.45, 2.75) is 32.6 Å². The molecule has 1 amide bonds. The first-order valence-corrected chi connectivity index (χ1v) is 10.3. The molecule has 2 aliphatic heterocycles. The van der Waals surface area contributed by atoms with E-state index in [0.29, 0.717) is 18.9 Å². The van der Waals surface area contributed by atoms with Crippen LogP contribution >= 0.6 is 10.7 Å². The fourth-order valence-electron chi connectivity index (χ4n) is 3.44. The first-order valence-electron chi connectivity index (χ1n) is 7.80. The number of hydrogen-bond acceptors (Lipinski definition) is 4. The SMILES string of the molecule is CCCN1CCC(CN2CC(CS(=O)(=O)Cl)CC2=O)CC1. The maximum atomic E-state index is 12.0. The first kappa shape index (κ1) is 17.0.